The van der Waals surface area contributed by atoms with Gasteiger partial charge in [-0.25, -0.2) is 4.79 Å². The summed E-state index contributed by atoms with van der Waals surface area (Å²) in [5.74, 6) is 0. The molecule has 0 amide bonds. The van der Waals surface area contributed by atoms with Crippen LogP contribution in [-0.2, 0) is 16.1 Å². The number of nitrogens with zero attached hydrogens (tertiary/aromatic N) is 1. The van der Waals surface area contributed by atoms with Gasteiger partial charge in [-0.15, -0.1) is 0 Å². The number of ether oxygens (including phenoxy) is 1. The van der Waals surface area contributed by atoms with E-state index in [1.54, 1.807) is 6.08 Å². The van der Waals surface area contributed by atoms with E-state index in [1.807, 2.05) is 30.3 Å². The molecule has 0 fully saturated rings. The Kier molecular flexibility index (Phi) is 5.82. The zero-order valence-corrected chi connectivity index (χ0v) is 8.43. The zero-order valence-electron chi connectivity index (χ0n) is 8.43. The molecule has 1 aromatic rings. The molecule has 1 rings (SSSR count). The number of rotatable bonds is 6. The van der Waals surface area contributed by atoms with E-state index in [0.717, 1.165) is 12.0 Å². The third kappa shape index (κ3) is 5.57. The summed E-state index contributed by atoms with van der Waals surface area (Å²) in [6.45, 7) is 1.24. The van der Waals surface area contributed by atoms with Gasteiger partial charge in [0.05, 0.1) is 13.2 Å². The third-order valence-corrected chi connectivity index (χ3v) is 1.77. The molecule has 0 unspecified atom stereocenters. The van der Waals surface area contributed by atoms with Crippen LogP contribution in [0, 0.1) is 0 Å². The number of carbonyl (C=O) groups excluding carboxylic acids is 1. The number of hydrogen-bond acceptors (Lipinski definition) is 3. The van der Waals surface area contributed by atoms with Gasteiger partial charge in [0.25, 0.3) is 0 Å². The van der Waals surface area contributed by atoms with Crippen LogP contribution < -0.4 is 0 Å². The molecule has 3 heteroatoms. The zero-order chi connectivity index (χ0) is 10.8. The van der Waals surface area contributed by atoms with Crippen LogP contribution in [0.4, 0.5) is 0 Å². The predicted molar refractivity (Wildman–Crippen MR) is 58.0 cm³/mol. The van der Waals surface area contributed by atoms with Crippen LogP contribution >= 0.6 is 0 Å². The fourth-order valence-corrected chi connectivity index (χ4v) is 1.07. The van der Waals surface area contributed by atoms with Crippen LogP contribution in [0.25, 0.3) is 0 Å². The van der Waals surface area contributed by atoms with Crippen LogP contribution in [0.1, 0.15) is 12.0 Å². The lowest BCUT2D eigenvalue weighted by Gasteiger charge is -2.01. The van der Waals surface area contributed by atoms with Gasteiger partial charge < -0.3 is 4.74 Å². The quantitative estimate of drug-likeness (QED) is 0.404. The van der Waals surface area contributed by atoms with Gasteiger partial charge in [0, 0.05) is 6.20 Å². The Morgan fingerprint density at radius 1 is 1.33 bits per heavy atom. The molecule has 0 heterocycles. The van der Waals surface area contributed by atoms with Crippen LogP contribution in [0.3, 0.4) is 0 Å². The lowest BCUT2D eigenvalue weighted by atomic mass is 10.2. The van der Waals surface area contributed by atoms with E-state index in [0.29, 0.717) is 13.2 Å². The summed E-state index contributed by atoms with van der Waals surface area (Å²) in [4.78, 5) is 13.0. The molecule has 15 heavy (non-hydrogen) atoms. The molecular weight excluding hydrogens is 190 g/mol. The maximum atomic E-state index is 9.70. The largest absolute Gasteiger partial charge is 0.376 e. The molecule has 0 saturated carbocycles. The molecule has 3 nitrogen and oxygen atoms in total. The maximum absolute atomic E-state index is 9.70. The highest BCUT2D eigenvalue weighted by Crippen LogP contribution is 2.00. The van der Waals surface area contributed by atoms with E-state index in [2.05, 4.69) is 4.99 Å². The normalized spacial score (nSPS) is 10.1. The first-order valence-corrected chi connectivity index (χ1v) is 4.77. The van der Waals surface area contributed by atoms with Gasteiger partial charge >= 0.3 is 0 Å². The van der Waals surface area contributed by atoms with Crippen molar-refractivity contribution >= 4 is 6.08 Å². The summed E-state index contributed by atoms with van der Waals surface area (Å²) in [5.41, 5.74) is 1.16. The molecule has 0 spiro atoms. The van der Waals surface area contributed by atoms with Crippen LogP contribution in [0.2, 0.25) is 0 Å². The number of aliphatic imine (C=N–C) groups is 1. The first kappa shape index (κ1) is 11.4. The standard InChI is InChI=1S/C12H13NO2/c14-11-13-8-4-5-9-15-10-12-6-2-1-3-7-12/h1-4,6-8H,5,9-10H2/b8-4-. The highest BCUT2D eigenvalue weighted by Gasteiger charge is 1.89. The molecule has 0 aromatic heterocycles. The topological polar surface area (TPSA) is 38.7 Å². The monoisotopic (exact) mass is 203 g/mol. The van der Waals surface area contributed by atoms with Gasteiger partial charge in [-0.3, -0.25) is 0 Å². The van der Waals surface area contributed by atoms with Crippen molar-refractivity contribution < 1.29 is 9.53 Å². The van der Waals surface area contributed by atoms with Crippen molar-refractivity contribution in [2.24, 2.45) is 4.99 Å². The number of hydrogen-bond donors (Lipinski definition) is 0. The van der Waals surface area contributed by atoms with Crippen LogP contribution in [0.15, 0.2) is 47.6 Å². The van der Waals surface area contributed by atoms with Crippen molar-refractivity contribution in [1.82, 2.24) is 0 Å². The highest BCUT2D eigenvalue weighted by atomic mass is 16.5. The lowest BCUT2D eigenvalue weighted by molar-refractivity contribution is 0.125. The first-order chi connectivity index (χ1) is 7.43. The Morgan fingerprint density at radius 3 is 2.87 bits per heavy atom. The van der Waals surface area contributed by atoms with E-state index < -0.39 is 0 Å². The summed E-state index contributed by atoms with van der Waals surface area (Å²) in [7, 11) is 0. The summed E-state index contributed by atoms with van der Waals surface area (Å²) < 4.78 is 5.41. The number of isocyanates is 1. The van der Waals surface area contributed by atoms with E-state index >= 15 is 0 Å². The summed E-state index contributed by atoms with van der Waals surface area (Å²) in [6, 6.07) is 9.98. The molecule has 0 N–H and O–H groups in total. The van der Waals surface area contributed by atoms with Gasteiger partial charge in [-0.05, 0) is 12.0 Å². The van der Waals surface area contributed by atoms with Crippen molar-refractivity contribution in [2.75, 3.05) is 6.61 Å². The van der Waals surface area contributed by atoms with Crippen molar-refractivity contribution in [3.63, 3.8) is 0 Å². The summed E-state index contributed by atoms with van der Waals surface area (Å²) >= 11 is 0. The molecule has 0 aliphatic carbocycles. The second-order valence-electron chi connectivity index (χ2n) is 2.93. The average molecular weight is 203 g/mol. The third-order valence-electron chi connectivity index (χ3n) is 1.77. The smallest absolute Gasteiger partial charge is 0.239 e. The van der Waals surface area contributed by atoms with E-state index in [4.69, 9.17) is 4.74 Å². The number of benzene rings is 1. The highest BCUT2D eigenvalue weighted by molar-refractivity contribution is 5.34. The predicted octanol–water partition coefficient (Wildman–Crippen LogP) is 2.44. The van der Waals surface area contributed by atoms with E-state index in [-0.39, 0.29) is 0 Å². The van der Waals surface area contributed by atoms with E-state index in [1.165, 1.54) is 12.3 Å². The van der Waals surface area contributed by atoms with Crippen molar-refractivity contribution in [1.29, 1.82) is 0 Å². The summed E-state index contributed by atoms with van der Waals surface area (Å²) in [5, 5.41) is 0. The fourth-order valence-electron chi connectivity index (χ4n) is 1.07. The van der Waals surface area contributed by atoms with Crippen molar-refractivity contribution in [3.05, 3.63) is 48.2 Å². The fraction of sp³-hybridized carbons (Fsp3) is 0.250. The van der Waals surface area contributed by atoms with Gasteiger partial charge in [0.1, 0.15) is 0 Å². The first-order valence-electron chi connectivity index (χ1n) is 4.77. The SMILES string of the molecule is O=C=N/C=C\CCOCc1ccccc1. The van der Waals surface area contributed by atoms with Gasteiger partial charge in [-0.1, -0.05) is 36.4 Å². The Bertz CT molecular complexity index is 340. The minimum Gasteiger partial charge on any atom is -0.376 e. The Balaban J connectivity index is 2.10. The Labute approximate surface area is 89.1 Å². The van der Waals surface area contributed by atoms with Crippen molar-refractivity contribution in [2.45, 2.75) is 13.0 Å². The molecule has 78 valence electrons. The molecule has 0 aliphatic rings. The molecule has 0 atom stereocenters. The minimum absolute atomic E-state index is 0.617. The van der Waals surface area contributed by atoms with E-state index in [9.17, 15) is 4.79 Å². The summed E-state index contributed by atoms with van der Waals surface area (Å²) in [6.07, 6.45) is 5.38. The van der Waals surface area contributed by atoms with Gasteiger partial charge in [0.15, 0.2) is 0 Å². The molecule has 0 saturated heterocycles. The van der Waals surface area contributed by atoms with Gasteiger partial charge in [0.2, 0.25) is 6.08 Å². The Hall–Kier alpha value is -1.70. The lowest BCUT2D eigenvalue weighted by Crippen LogP contribution is -1.93. The van der Waals surface area contributed by atoms with Crippen molar-refractivity contribution in [3.8, 4) is 0 Å². The van der Waals surface area contributed by atoms with Crippen LogP contribution in [0.5, 0.6) is 0 Å². The molecule has 0 aliphatic heterocycles. The molecule has 0 bridgehead atoms. The van der Waals surface area contributed by atoms with Crippen LogP contribution in [-0.4, -0.2) is 12.7 Å². The van der Waals surface area contributed by atoms with Gasteiger partial charge in [-0.2, -0.15) is 4.99 Å². The molecule has 1 aromatic carbocycles. The molecule has 0 radical (unpaired) electrons. The Morgan fingerprint density at radius 2 is 2.13 bits per heavy atom. The second-order valence-corrected chi connectivity index (χ2v) is 2.93. The maximum Gasteiger partial charge on any atom is 0.239 e. The molecular formula is C12H13NO2. The average Bonchev–Trinajstić information content (AvgIpc) is 2.29. The minimum atomic E-state index is 0.617. The second kappa shape index (κ2) is 7.68.